The lowest BCUT2D eigenvalue weighted by molar-refractivity contribution is -0.255. The van der Waals surface area contributed by atoms with Crippen molar-refractivity contribution in [1.82, 2.24) is 10.7 Å². The van der Waals surface area contributed by atoms with Crippen LogP contribution in [0, 0.1) is 0 Å². The molecule has 1 aromatic carbocycles. The Kier molecular flexibility index (Phi) is 6.06. The van der Waals surface area contributed by atoms with Crippen LogP contribution < -0.4 is 15.8 Å². The fourth-order valence-electron chi connectivity index (χ4n) is 1.44. The quantitative estimate of drug-likeness (QED) is 0.414. The highest BCUT2D eigenvalue weighted by atomic mass is 16.4. The van der Waals surface area contributed by atoms with Crippen molar-refractivity contribution in [2.75, 3.05) is 0 Å². The molecule has 7 heteroatoms. The van der Waals surface area contributed by atoms with Gasteiger partial charge in [-0.05, 0) is 25.0 Å². The van der Waals surface area contributed by atoms with E-state index in [0.29, 0.717) is 5.56 Å². The third-order valence-electron chi connectivity index (χ3n) is 2.32. The Morgan fingerprint density at radius 3 is 2.33 bits per heavy atom. The van der Waals surface area contributed by atoms with Crippen LogP contribution >= 0.6 is 0 Å². The topological polar surface area (TPSA) is 111 Å². The predicted octanol–water partition coefficient (Wildman–Crippen LogP) is -0.585. The minimum Gasteiger partial charge on any atom is -0.545 e. The normalized spacial score (nSPS) is 10.6. The first-order valence-electron chi connectivity index (χ1n) is 6.31. The number of amides is 2. The van der Waals surface area contributed by atoms with Gasteiger partial charge in [0.05, 0.1) is 12.2 Å². The fourth-order valence-corrected chi connectivity index (χ4v) is 1.44. The summed E-state index contributed by atoms with van der Waals surface area (Å²) in [7, 11) is 0. The molecule has 0 radical (unpaired) electrons. The van der Waals surface area contributed by atoms with Gasteiger partial charge in [0, 0.05) is 6.04 Å². The molecule has 0 aliphatic carbocycles. The van der Waals surface area contributed by atoms with E-state index < -0.39 is 11.9 Å². The predicted molar refractivity (Wildman–Crippen MR) is 74.4 cm³/mol. The van der Waals surface area contributed by atoms with Crippen molar-refractivity contribution in [2.24, 2.45) is 5.10 Å². The van der Waals surface area contributed by atoms with Crippen LogP contribution in [0.2, 0.25) is 0 Å². The highest BCUT2D eigenvalue weighted by Crippen LogP contribution is 2.01. The molecule has 0 bridgehead atoms. The van der Waals surface area contributed by atoms with E-state index in [1.807, 2.05) is 0 Å². The second-order valence-electron chi connectivity index (χ2n) is 4.60. The Balaban J connectivity index is 2.45. The number of hydrogen-bond acceptors (Lipinski definition) is 5. The summed E-state index contributed by atoms with van der Waals surface area (Å²) in [5.41, 5.74) is 2.87. The molecule has 21 heavy (non-hydrogen) atoms. The Bertz CT molecular complexity index is 550. The van der Waals surface area contributed by atoms with Gasteiger partial charge in [-0.15, -0.1) is 0 Å². The van der Waals surface area contributed by atoms with Crippen molar-refractivity contribution in [3.05, 3.63) is 35.4 Å². The monoisotopic (exact) mass is 290 g/mol. The minimum atomic E-state index is -1.26. The molecule has 0 aliphatic rings. The number of aromatic carboxylic acids is 1. The molecular formula is C14H16N3O4-. The number of benzene rings is 1. The molecule has 0 atom stereocenters. The van der Waals surface area contributed by atoms with Gasteiger partial charge in [0.15, 0.2) is 0 Å². The van der Waals surface area contributed by atoms with E-state index in [9.17, 15) is 19.5 Å². The molecule has 7 nitrogen and oxygen atoms in total. The van der Waals surface area contributed by atoms with E-state index >= 15 is 0 Å². The lowest BCUT2D eigenvalue weighted by Gasteiger charge is -2.06. The maximum Gasteiger partial charge on any atom is 0.249 e. The van der Waals surface area contributed by atoms with E-state index in [1.54, 1.807) is 13.8 Å². The molecule has 0 spiro atoms. The van der Waals surface area contributed by atoms with E-state index in [-0.39, 0.29) is 23.9 Å². The number of nitrogens with zero attached hydrogens (tertiary/aromatic N) is 1. The number of carboxylic acid groups (broad SMARTS) is 1. The molecule has 0 aromatic heterocycles. The third kappa shape index (κ3) is 6.33. The number of hydrogen-bond donors (Lipinski definition) is 2. The van der Waals surface area contributed by atoms with Gasteiger partial charge >= 0.3 is 0 Å². The van der Waals surface area contributed by atoms with Crippen molar-refractivity contribution < 1.29 is 19.5 Å². The summed E-state index contributed by atoms with van der Waals surface area (Å²) >= 11 is 0. The van der Waals surface area contributed by atoms with Crippen LogP contribution in [0.1, 0.15) is 36.2 Å². The van der Waals surface area contributed by atoms with Crippen molar-refractivity contribution in [3.63, 3.8) is 0 Å². The number of nitrogens with one attached hydrogen (secondary N) is 2. The standard InChI is InChI=1S/C14H17N3O4/c1-9(2)16-12(18)7-13(19)17-15-8-10-3-5-11(6-4-10)14(20)21/h3-6,8-9H,7H2,1-2H3,(H,16,18)(H,17,19)(H,20,21)/p-1. The molecular weight excluding hydrogens is 274 g/mol. The molecule has 0 fully saturated rings. The zero-order chi connectivity index (χ0) is 15.8. The highest BCUT2D eigenvalue weighted by molar-refractivity contribution is 5.97. The lowest BCUT2D eigenvalue weighted by Crippen LogP contribution is -2.34. The zero-order valence-corrected chi connectivity index (χ0v) is 11.8. The van der Waals surface area contributed by atoms with Gasteiger partial charge in [0.25, 0.3) is 0 Å². The summed E-state index contributed by atoms with van der Waals surface area (Å²) in [5.74, 6) is -2.17. The third-order valence-corrected chi connectivity index (χ3v) is 2.32. The van der Waals surface area contributed by atoms with Crippen molar-refractivity contribution in [3.8, 4) is 0 Å². The summed E-state index contributed by atoms with van der Waals surface area (Å²) in [5, 5.41) is 16.8. The Hall–Kier alpha value is -2.70. The average molecular weight is 290 g/mol. The summed E-state index contributed by atoms with van der Waals surface area (Å²) < 4.78 is 0. The van der Waals surface area contributed by atoms with Crippen LogP contribution in [-0.4, -0.2) is 30.0 Å². The van der Waals surface area contributed by atoms with E-state index in [4.69, 9.17) is 0 Å². The highest BCUT2D eigenvalue weighted by Gasteiger charge is 2.08. The van der Waals surface area contributed by atoms with Gasteiger partial charge in [0.2, 0.25) is 11.8 Å². The minimum absolute atomic E-state index is 0.0314. The maximum absolute atomic E-state index is 11.4. The molecule has 112 valence electrons. The molecule has 1 rings (SSSR count). The van der Waals surface area contributed by atoms with Gasteiger partial charge in [-0.2, -0.15) is 5.10 Å². The molecule has 1 aromatic rings. The largest absolute Gasteiger partial charge is 0.545 e. The van der Waals surface area contributed by atoms with E-state index in [2.05, 4.69) is 15.8 Å². The fraction of sp³-hybridized carbons (Fsp3) is 0.286. The van der Waals surface area contributed by atoms with Gasteiger partial charge in [-0.3, -0.25) is 9.59 Å². The lowest BCUT2D eigenvalue weighted by atomic mass is 10.1. The van der Waals surface area contributed by atoms with E-state index in [0.717, 1.165) is 0 Å². The van der Waals surface area contributed by atoms with Gasteiger partial charge < -0.3 is 15.2 Å². The first-order chi connectivity index (χ1) is 9.88. The summed E-state index contributed by atoms with van der Waals surface area (Å²) in [6, 6.07) is 5.75. The van der Waals surface area contributed by atoms with Crippen LogP contribution in [0.5, 0.6) is 0 Å². The van der Waals surface area contributed by atoms with Gasteiger partial charge in [-0.1, -0.05) is 24.3 Å². The van der Waals surface area contributed by atoms with Crippen LogP contribution in [0.3, 0.4) is 0 Å². The van der Waals surface area contributed by atoms with E-state index in [1.165, 1.54) is 30.5 Å². The molecule has 0 aliphatic heterocycles. The second kappa shape index (κ2) is 7.78. The molecule has 0 unspecified atom stereocenters. The second-order valence-corrected chi connectivity index (χ2v) is 4.60. The first-order valence-corrected chi connectivity index (χ1v) is 6.31. The summed E-state index contributed by atoms with van der Waals surface area (Å²) in [6.07, 6.45) is 1.04. The number of carbonyl (C=O) groups is 3. The van der Waals surface area contributed by atoms with Gasteiger partial charge in [0.1, 0.15) is 6.42 Å². The Morgan fingerprint density at radius 1 is 1.19 bits per heavy atom. The van der Waals surface area contributed by atoms with Crippen molar-refractivity contribution in [2.45, 2.75) is 26.3 Å². The van der Waals surface area contributed by atoms with Crippen LogP contribution in [0.25, 0.3) is 0 Å². The van der Waals surface area contributed by atoms with Crippen molar-refractivity contribution in [1.29, 1.82) is 0 Å². The van der Waals surface area contributed by atoms with Crippen LogP contribution in [-0.2, 0) is 9.59 Å². The Labute approximate surface area is 122 Å². The number of rotatable bonds is 6. The SMILES string of the molecule is CC(C)NC(=O)CC(=O)NN=Cc1ccc(C(=O)[O-])cc1. The molecule has 0 saturated carbocycles. The smallest absolute Gasteiger partial charge is 0.249 e. The maximum atomic E-state index is 11.4. The first kappa shape index (κ1) is 16.4. The molecule has 0 heterocycles. The van der Waals surface area contributed by atoms with Crippen LogP contribution in [0.15, 0.2) is 29.4 Å². The Morgan fingerprint density at radius 2 is 1.81 bits per heavy atom. The number of carboxylic acids is 1. The molecule has 2 N–H and O–H groups in total. The average Bonchev–Trinajstić information content (AvgIpc) is 2.38. The number of hydrazone groups is 1. The van der Waals surface area contributed by atoms with Crippen molar-refractivity contribution >= 4 is 24.0 Å². The number of carbonyl (C=O) groups excluding carboxylic acids is 3. The molecule has 0 saturated heterocycles. The van der Waals surface area contributed by atoms with Crippen LogP contribution in [0.4, 0.5) is 0 Å². The summed E-state index contributed by atoms with van der Waals surface area (Å²) in [4.78, 5) is 33.3. The van der Waals surface area contributed by atoms with Gasteiger partial charge in [-0.25, -0.2) is 5.43 Å². The molecule has 2 amide bonds. The zero-order valence-electron chi connectivity index (χ0n) is 11.8. The summed E-state index contributed by atoms with van der Waals surface area (Å²) in [6.45, 7) is 3.59.